The fourth-order valence-electron chi connectivity index (χ4n) is 5.21. The van der Waals surface area contributed by atoms with Crippen LogP contribution in [0.4, 0.5) is 17.5 Å². The van der Waals surface area contributed by atoms with Gasteiger partial charge >= 0.3 is 5.97 Å². The second-order valence-corrected chi connectivity index (χ2v) is 11.0. The highest BCUT2D eigenvalue weighted by atomic mass is 16.5. The van der Waals surface area contributed by atoms with Crippen LogP contribution in [0.5, 0.6) is 0 Å². The van der Waals surface area contributed by atoms with Gasteiger partial charge in [-0.3, -0.25) is 19.7 Å². The maximum absolute atomic E-state index is 12.6. The number of hydrogen-bond donors (Lipinski definition) is 2. The lowest BCUT2D eigenvalue weighted by atomic mass is 10.1. The molecule has 0 spiro atoms. The number of likely N-dealkylation sites (N-methyl/N-ethyl adjacent to an activating group) is 1. The highest BCUT2D eigenvalue weighted by Crippen LogP contribution is 2.23. The summed E-state index contributed by atoms with van der Waals surface area (Å²) in [6, 6.07) is 15.8. The Hall–Kier alpha value is -4.48. The number of carbonyl (C=O) groups is 1. The monoisotopic (exact) mass is 581 g/mol. The van der Waals surface area contributed by atoms with Crippen LogP contribution in [0.25, 0.3) is 0 Å². The van der Waals surface area contributed by atoms with Crippen molar-refractivity contribution in [1.29, 1.82) is 0 Å². The first-order valence-corrected chi connectivity index (χ1v) is 14.6. The number of carbonyl (C=O) groups excluding carboxylic acids is 1. The van der Waals surface area contributed by atoms with E-state index in [-0.39, 0.29) is 18.0 Å². The van der Waals surface area contributed by atoms with Crippen LogP contribution in [-0.2, 0) is 22.6 Å². The van der Waals surface area contributed by atoms with E-state index in [4.69, 9.17) is 4.74 Å². The molecule has 43 heavy (non-hydrogen) atoms. The lowest BCUT2D eigenvalue weighted by Crippen LogP contribution is -2.28. The second kappa shape index (κ2) is 14.6. The van der Waals surface area contributed by atoms with Gasteiger partial charge in [-0.05, 0) is 82.0 Å². The number of allylic oxidation sites excluding steroid dienone is 1. The van der Waals surface area contributed by atoms with Crippen LogP contribution in [0.1, 0.15) is 29.8 Å². The van der Waals surface area contributed by atoms with Gasteiger partial charge in [0.1, 0.15) is 17.7 Å². The van der Waals surface area contributed by atoms with Gasteiger partial charge in [0, 0.05) is 50.0 Å². The Morgan fingerprint density at radius 2 is 1.98 bits per heavy atom. The van der Waals surface area contributed by atoms with Crippen molar-refractivity contribution in [1.82, 2.24) is 24.8 Å². The quantitative estimate of drug-likeness (QED) is 0.239. The van der Waals surface area contributed by atoms with Crippen LogP contribution < -0.4 is 10.6 Å². The third kappa shape index (κ3) is 9.00. The molecule has 2 aliphatic rings. The summed E-state index contributed by atoms with van der Waals surface area (Å²) in [5, 5.41) is 6.39. The number of aromatic nitrogens is 3. The van der Waals surface area contributed by atoms with Crippen molar-refractivity contribution in [3.8, 4) is 0 Å². The summed E-state index contributed by atoms with van der Waals surface area (Å²) in [6.45, 7) is 10.3. The Balaban J connectivity index is 1.09. The van der Waals surface area contributed by atoms with Crippen LogP contribution in [0.15, 0.2) is 76.6 Å². The Morgan fingerprint density at radius 1 is 1.12 bits per heavy atom. The van der Waals surface area contributed by atoms with Gasteiger partial charge in [-0.2, -0.15) is 4.98 Å². The Bertz CT molecular complexity index is 1460. The zero-order chi connectivity index (χ0) is 30.0. The average Bonchev–Trinajstić information content (AvgIpc) is 3.64. The lowest BCUT2D eigenvalue weighted by Gasteiger charge is -2.18. The Kier molecular flexibility index (Phi) is 10.2. The molecule has 3 aromatic rings. The predicted molar refractivity (Wildman–Crippen MR) is 170 cm³/mol. The fourth-order valence-corrected chi connectivity index (χ4v) is 5.21. The number of nitrogens with zero attached hydrogens (tertiary/aromatic N) is 7. The molecule has 2 saturated heterocycles. The Morgan fingerprint density at radius 3 is 2.74 bits per heavy atom. The van der Waals surface area contributed by atoms with Gasteiger partial charge in [-0.15, -0.1) is 0 Å². The molecule has 11 heteroatoms. The molecule has 2 N–H and O–H groups in total. The normalized spacial score (nSPS) is 19.5. The molecule has 2 fully saturated rings. The number of nitrogens with one attached hydrogen (secondary N) is 2. The topological polar surface area (TPSA) is 120 Å². The number of benzene rings is 1. The van der Waals surface area contributed by atoms with Crippen LogP contribution in [0.3, 0.4) is 0 Å². The SMILES string of the molecule is C=N/C(=C\C=NCc1cccc(C)n1)Nc1ccnc(Nc2ccc(CN3CCC(C(=O)O[C@@H]4CCN(C)C4)C3)cc2)n1. The van der Waals surface area contributed by atoms with Crippen molar-refractivity contribution in [2.45, 2.75) is 39.0 Å². The van der Waals surface area contributed by atoms with E-state index in [9.17, 15) is 4.79 Å². The summed E-state index contributed by atoms with van der Waals surface area (Å²) in [7, 11) is 2.06. The first kappa shape index (κ1) is 30.0. The van der Waals surface area contributed by atoms with Gasteiger partial charge in [0.2, 0.25) is 5.95 Å². The van der Waals surface area contributed by atoms with Crippen molar-refractivity contribution in [3.63, 3.8) is 0 Å². The van der Waals surface area contributed by atoms with E-state index < -0.39 is 0 Å². The summed E-state index contributed by atoms with van der Waals surface area (Å²) < 4.78 is 5.76. The van der Waals surface area contributed by atoms with Gasteiger partial charge in [-0.1, -0.05) is 18.2 Å². The third-order valence-corrected chi connectivity index (χ3v) is 7.47. The molecule has 2 aliphatic heterocycles. The molecule has 1 aromatic carbocycles. The van der Waals surface area contributed by atoms with E-state index in [0.29, 0.717) is 24.1 Å². The van der Waals surface area contributed by atoms with Gasteiger partial charge in [0.05, 0.1) is 18.2 Å². The van der Waals surface area contributed by atoms with Gasteiger partial charge in [-0.25, -0.2) is 9.98 Å². The number of hydrogen-bond acceptors (Lipinski definition) is 11. The van der Waals surface area contributed by atoms with E-state index in [0.717, 1.165) is 62.6 Å². The lowest BCUT2D eigenvalue weighted by molar-refractivity contribution is -0.152. The highest BCUT2D eigenvalue weighted by Gasteiger charge is 2.32. The first-order chi connectivity index (χ1) is 20.9. The smallest absolute Gasteiger partial charge is 0.310 e. The van der Waals surface area contributed by atoms with Crippen LogP contribution in [0.2, 0.25) is 0 Å². The van der Waals surface area contributed by atoms with Crippen molar-refractivity contribution in [2.24, 2.45) is 15.9 Å². The van der Waals surface area contributed by atoms with E-state index >= 15 is 0 Å². The molecule has 1 unspecified atom stereocenters. The molecule has 5 rings (SSSR count). The van der Waals surface area contributed by atoms with E-state index in [2.05, 4.69) is 71.3 Å². The predicted octanol–water partition coefficient (Wildman–Crippen LogP) is 4.22. The molecule has 0 bridgehead atoms. The minimum atomic E-state index is -0.0469. The number of esters is 1. The molecular formula is C32H39N9O2. The molecule has 0 saturated carbocycles. The molecule has 0 amide bonds. The number of likely N-dealkylation sites (tertiary alicyclic amines) is 2. The van der Waals surface area contributed by atoms with E-state index in [1.807, 2.05) is 37.3 Å². The zero-order valence-electron chi connectivity index (χ0n) is 24.8. The minimum absolute atomic E-state index is 0.0382. The van der Waals surface area contributed by atoms with Crippen molar-refractivity contribution >= 4 is 36.4 Å². The van der Waals surface area contributed by atoms with Crippen molar-refractivity contribution in [3.05, 3.63) is 83.6 Å². The number of anilines is 3. The third-order valence-electron chi connectivity index (χ3n) is 7.47. The number of aliphatic imine (C=N–C) groups is 2. The summed E-state index contributed by atoms with van der Waals surface area (Å²) in [6.07, 6.45) is 6.89. The largest absolute Gasteiger partial charge is 0.461 e. The fraction of sp³-hybridized carbons (Fsp3) is 0.375. The van der Waals surface area contributed by atoms with E-state index in [1.54, 1.807) is 24.6 Å². The Labute approximate surface area is 252 Å². The van der Waals surface area contributed by atoms with Gasteiger partial charge < -0.3 is 20.3 Å². The first-order valence-electron chi connectivity index (χ1n) is 14.6. The molecule has 2 aromatic heterocycles. The molecule has 11 nitrogen and oxygen atoms in total. The minimum Gasteiger partial charge on any atom is -0.461 e. The summed E-state index contributed by atoms with van der Waals surface area (Å²) >= 11 is 0. The van der Waals surface area contributed by atoms with Gasteiger partial charge in [0.25, 0.3) is 0 Å². The number of aryl methyl sites for hydroxylation is 1. The summed E-state index contributed by atoms with van der Waals surface area (Å²) in [4.78, 5) is 38.9. The average molecular weight is 582 g/mol. The van der Waals surface area contributed by atoms with Crippen LogP contribution in [0, 0.1) is 12.8 Å². The maximum Gasteiger partial charge on any atom is 0.310 e. The highest BCUT2D eigenvalue weighted by molar-refractivity contribution is 5.74. The molecule has 0 radical (unpaired) electrons. The molecule has 4 heterocycles. The standard InChI is InChI=1S/C32H39N9O2/c1-23-5-4-6-27(36-23)19-34-15-11-29(33-2)38-30-12-16-35-32(39-30)37-26-9-7-24(8-10-26)20-41-18-13-25(21-41)31(42)43-28-14-17-40(3)22-28/h4-12,15-16,25,28H,2,13-14,17-22H2,1,3H3,(H2,35,37,38,39)/b29-11+,34-15?/t25?,28-/m1/s1. The molecule has 224 valence electrons. The van der Waals surface area contributed by atoms with Crippen molar-refractivity contribution < 1.29 is 9.53 Å². The summed E-state index contributed by atoms with van der Waals surface area (Å²) in [5.41, 5.74) is 3.92. The second-order valence-electron chi connectivity index (χ2n) is 11.0. The van der Waals surface area contributed by atoms with Crippen LogP contribution in [-0.4, -0.2) is 83.0 Å². The molecule has 2 atom stereocenters. The van der Waals surface area contributed by atoms with Crippen LogP contribution >= 0.6 is 0 Å². The van der Waals surface area contributed by atoms with Gasteiger partial charge in [0.15, 0.2) is 0 Å². The maximum atomic E-state index is 12.6. The molecule has 0 aliphatic carbocycles. The molecular weight excluding hydrogens is 542 g/mol. The zero-order valence-corrected chi connectivity index (χ0v) is 24.8. The van der Waals surface area contributed by atoms with Crippen molar-refractivity contribution in [2.75, 3.05) is 43.9 Å². The number of pyridine rings is 1. The summed E-state index contributed by atoms with van der Waals surface area (Å²) in [5.74, 6) is 1.45. The number of ether oxygens (including phenoxy) is 1. The van der Waals surface area contributed by atoms with E-state index in [1.165, 1.54) is 5.56 Å². The number of rotatable bonds is 12.